The number of furan rings is 1. The number of benzene rings is 4. The first-order chi connectivity index (χ1) is 17.0. The number of hydrogen-bond acceptors (Lipinski definition) is 3. The summed E-state index contributed by atoms with van der Waals surface area (Å²) in [6.07, 6.45) is 2.13. The van der Waals surface area contributed by atoms with Crippen LogP contribution in [0.25, 0.3) is 16.5 Å². The maximum atomic E-state index is 6.31. The molecule has 0 saturated heterocycles. The zero-order valence-electron chi connectivity index (χ0n) is 20.6. The third kappa shape index (κ3) is 4.71. The van der Waals surface area contributed by atoms with Crippen LogP contribution in [0.1, 0.15) is 34.9 Å². The van der Waals surface area contributed by atoms with Crippen LogP contribution in [0.3, 0.4) is 0 Å². The predicted octanol–water partition coefficient (Wildman–Crippen LogP) is 9.30. The number of aryl methyl sites for hydroxylation is 3. The Hall–Kier alpha value is -4.24. The Balaban J connectivity index is 1.58. The van der Waals surface area contributed by atoms with Gasteiger partial charge in [-0.2, -0.15) is 0 Å². The molecule has 5 aromatic rings. The Labute approximate surface area is 207 Å². The molecular weight excluding hydrogens is 428 g/mol. The summed E-state index contributed by atoms with van der Waals surface area (Å²) < 4.78 is 6.31. The summed E-state index contributed by atoms with van der Waals surface area (Å²) in [5.41, 5.74) is 10.8. The van der Waals surface area contributed by atoms with E-state index in [-0.39, 0.29) is 0 Å². The molecule has 0 fully saturated rings. The molecular formula is C32H30N2O. The molecule has 0 aliphatic heterocycles. The zero-order chi connectivity index (χ0) is 24.4. The molecule has 174 valence electrons. The van der Waals surface area contributed by atoms with Gasteiger partial charge in [0, 0.05) is 27.9 Å². The predicted molar refractivity (Wildman–Crippen MR) is 149 cm³/mol. The molecule has 3 heteroatoms. The lowest BCUT2D eigenvalue weighted by Gasteiger charge is -2.17. The smallest absolute Gasteiger partial charge is 0.138 e. The molecule has 1 aromatic heterocycles. The number of allylic oxidation sites excluding steroid dienone is 1. The van der Waals surface area contributed by atoms with Gasteiger partial charge in [0.15, 0.2) is 0 Å². The van der Waals surface area contributed by atoms with Crippen LogP contribution in [0, 0.1) is 20.8 Å². The number of nitrogens with one attached hydrogen (secondary N) is 2. The summed E-state index contributed by atoms with van der Waals surface area (Å²) in [5, 5.41) is 8.39. The summed E-state index contributed by atoms with van der Waals surface area (Å²) in [4.78, 5) is 0. The third-order valence-corrected chi connectivity index (χ3v) is 6.26. The molecule has 0 unspecified atom stereocenters. The fourth-order valence-corrected chi connectivity index (χ4v) is 4.66. The molecule has 0 aliphatic carbocycles. The fraction of sp³-hybridized carbons (Fsp3) is 0.125. The summed E-state index contributed by atoms with van der Waals surface area (Å²) in [6, 6.07) is 31.5. The zero-order valence-corrected chi connectivity index (χ0v) is 20.6. The first-order valence-electron chi connectivity index (χ1n) is 12.0. The van der Waals surface area contributed by atoms with Gasteiger partial charge in [-0.3, -0.25) is 0 Å². The maximum absolute atomic E-state index is 6.31. The molecule has 0 saturated carbocycles. The van der Waals surface area contributed by atoms with Gasteiger partial charge in [0.05, 0.1) is 11.4 Å². The Morgan fingerprint density at radius 2 is 1.37 bits per heavy atom. The molecule has 4 aromatic carbocycles. The van der Waals surface area contributed by atoms with Crippen LogP contribution in [0.5, 0.6) is 0 Å². The maximum Gasteiger partial charge on any atom is 0.138 e. The summed E-state index contributed by atoms with van der Waals surface area (Å²) in [6.45, 7) is 8.44. The van der Waals surface area contributed by atoms with Crippen LogP contribution in [-0.4, -0.2) is 0 Å². The average molecular weight is 459 g/mol. The number of hydrogen-bond donors (Lipinski definition) is 2. The van der Waals surface area contributed by atoms with E-state index in [1.165, 1.54) is 11.1 Å². The van der Waals surface area contributed by atoms with E-state index in [1.807, 2.05) is 30.3 Å². The van der Waals surface area contributed by atoms with Gasteiger partial charge in [-0.25, -0.2) is 0 Å². The molecule has 0 atom stereocenters. The fourth-order valence-electron chi connectivity index (χ4n) is 4.66. The van der Waals surface area contributed by atoms with E-state index < -0.39 is 0 Å². The second-order valence-electron chi connectivity index (χ2n) is 9.01. The van der Waals surface area contributed by atoms with Crippen LogP contribution in [0.2, 0.25) is 0 Å². The van der Waals surface area contributed by atoms with Crippen molar-refractivity contribution in [2.75, 3.05) is 10.6 Å². The average Bonchev–Trinajstić information content (AvgIpc) is 3.17. The molecule has 0 bridgehead atoms. The Kier molecular flexibility index (Phi) is 6.15. The van der Waals surface area contributed by atoms with Crippen LogP contribution in [0.4, 0.5) is 22.7 Å². The minimum absolute atomic E-state index is 0.911. The second kappa shape index (κ2) is 9.55. The van der Waals surface area contributed by atoms with Crippen LogP contribution < -0.4 is 10.6 Å². The van der Waals surface area contributed by atoms with E-state index >= 15 is 0 Å². The quantitative estimate of drug-likeness (QED) is 0.266. The molecule has 2 N–H and O–H groups in total. The second-order valence-corrected chi connectivity index (χ2v) is 9.01. The molecule has 0 amide bonds. The summed E-state index contributed by atoms with van der Waals surface area (Å²) >= 11 is 0. The normalized spacial score (nSPS) is 11.6. The number of fused-ring (bicyclic) bond motifs is 1. The Morgan fingerprint density at radius 1 is 0.686 bits per heavy atom. The van der Waals surface area contributed by atoms with Crippen molar-refractivity contribution >= 4 is 39.3 Å². The van der Waals surface area contributed by atoms with Crippen molar-refractivity contribution in [2.24, 2.45) is 0 Å². The number of rotatable bonds is 6. The highest BCUT2D eigenvalue weighted by Gasteiger charge is 2.17. The minimum atomic E-state index is 0.911. The van der Waals surface area contributed by atoms with Crippen molar-refractivity contribution < 1.29 is 4.42 Å². The highest BCUT2D eigenvalue weighted by atomic mass is 16.3. The lowest BCUT2D eigenvalue weighted by atomic mass is 9.98. The molecule has 0 aliphatic rings. The van der Waals surface area contributed by atoms with E-state index in [0.29, 0.717) is 0 Å². The van der Waals surface area contributed by atoms with Crippen molar-refractivity contribution in [3.8, 4) is 0 Å². The van der Waals surface area contributed by atoms with E-state index in [2.05, 4.69) is 105 Å². The van der Waals surface area contributed by atoms with Crippen molar-refractivity contribution in [2.45, 2.75) is 27.7 Å². The van der Waals surface area contributed by atoms with Gasteiger partial charge in [0.2, 0.25) is 0 Å². The Bertz CT molecular complexity index is 1510. The molecule has 0 radical (unpaired) electrons. The molecule has 35 heavy (non-hydrogen) atoms. The monoisotopic (exact) mass is 458 g/mol. The Morgan fingerprint density at radius 3 is 2.09 bits per heavy atom. The topological polar surface area (TPSA) is 37.2 Å². The minimum Gasteiger partial charge on any atom is -0.456 e. The van der Waals surface area contributed by atoms with Gasteiger partial charge in [-0.1, -0.05) is 54.6 Å². The van der Waals surface area contributed by atoms with E-state index in [0.717, 1.165) is 56.2 Å². The number of anilines is 4. The van der Waals surface area contributed by atoms with Gasteiger partial charge in [0.1, 0.15) is 11.3 Å². The first-order valence-corrected chi connectivity index (χ1v) is 12.0. The van der Waals surface area contributed by atoms with Crippen molar-refractivity contribution in [3.63, 3.8) is 0 Å². The van der Waals surface area contributed by atoms with E-state index in [9.17, 15) is 0 Å². The van der Waals surface area contributed by atoms with Crippen LogP contribution in [0.15, 0.2) is 101 Å². The van der Waals surface area contributed by atoms with Gasteiger partial charge < -0.3 is 15.1 Å². The summed E-state index contributed by atoms with van der Waals surface area (Å²) in [5.74, 6) is 0.911. The third-order valence-electron chi connectivity index (χ3n) is 6.26. The first kappa shape index (κ1) is 22.5. The van der Waals surface area contributed by atoms with Gasteiger partial charge in [-0.05, 0) is 86.8 Å². The SMILES string of the molecule is CC=C(c1ccc(Nc2cc(C)cc(C)c2)c(Nc2ccccc2)c1)c1oc2ccccc2c1C. The van der Waals surface area contributed by atoms with Gasteiger partial charge >= 0.3 is 0 Å². The lowest BCUT2D eigenvalue weighted by Crippen LogP contribution is -2.00. The van der Waals surface area contributed by atoms with E-state index in [4.69, 9.17) is 4.42 Å². The van der Waals surface area contributed by atoms with Gasteiger partial charge in [-0.15, -0.1) is 0 Å². The van der Waals surface area contributed by atoms with Crippen molar-refractivity contribution in [1.82, 2.24) is 0 Å². The highest BCUT2D eigenvalue weighted by Crippen LogP contribution is 2.37. The molecule has 3 nitrogen and oxygen atoms in total. The summed E-state index contributed by atoms with van der Waals surface area (Å²) in [7, 11) is 0. The molecule has 5 rings (SSSR count). The largest absolute Gasteiger partial charge is 0.456 e. The molecule has 1 heterocycles. The highest BCUT2D eigenvalue weighted by molar-refractivity contribution is 5.91. The van der Waals surface area contributed by atoms with Crippen LogP contribution in [-0.2, 0) is 0 Å². The van der Waals surface area contributed by atoms with Crippen LogP contribution >= 0.6 is 0 Å². The van der Waals surface area contributed by atoms with Crippen molar-refractivity contribution in [3.05, 3.63) is 125 Å². The van der Waals surface area contributed by atoms with Gasteiger partial charge in [0.25, 0.3) is 0 Å². The lowest BCUT2D eigenvalue weighted by molar-refractivity contribution is 0.597. The molecule has 0 spiro atoms. The van der Waals surface area contributed by atoms with Crippen molar-refractivity contribution in [1.29, 1.82) is 0 Å². The standard InChI is InChI=1S/C32H30N2O/c1-5-27(32-23(4)28-13-9-10-14-31(28)35-32)24-15-16-29(34-26-18-21(2)17-22(3)19-26)30(20-24)33-25-11-7-6-8-12-25/h5-20,33-34H,1-4H3. The van der Waals surface area contributed by atoms with E-state index in [1.54, 1.807) is 0 Å². The number of para-hydroxylation sites is 2.